The summed E-state index contributed by atoms with van der Waals surface area (Å²) in [5.41, 5.74) is 2.20. The molecule has 3 heteroatoms. The van der Waals surface area contributed by atoms with Crippen LogP contribution in [0.3, 0.4) is 0 Å². The first kappa shape index (κ1) is 14.3. The van der Waals surface area contributed by atoms with E-state index in [1.807, 2.05) is 49.4 Å². The molecule has 1 heterocycles. The van der Waals surface area contributed by atoms with Crippen LogP contribution in [-0.2, 0) is 16.0 Å². The zero-order valence-corrected chi connectivity index (χ0v) is 11.7. The van der Waals surface area contributed by atoms with Gasteiger partial charge in [-0.05, 0) is 43.0 Å². The number of ether oxygens (including phenoxy) is 1. The van der Waals surface area contributed by atoms with Crippen molar-refractivity contribution in [3.63, 3.8) is 0 Å². The lowest BCUT2D eigenvalue weighted by Gasteiger charge is -2.16. The highest BCUT2D eigenvalue weighted by Crippen LogP contribution is 2.23. The van der Waals surface area contributed by atoms with E-state index in [-0.39, 0.29) is 11.9 Å². The maximum Gasteiger partial charge on any atom is 0.313 e. The summed E-state index contributed by atoms with van der Waals surface area (Å²) in [7, 11) is 0. The number of hydrogen-bond donors (Lipinski definition) is 0. The van der Waals surface area contributed by atoms with Crippen molar-refractivity contribution in [1.29, 1.82) is 0 Å². The number of carbonyl (C=O) groups excluding carboxylic acids is 1. The summed E-state index contributed by atoms with van der Waals surface area (Å²) in [6.45, 7) is 2.25. The van der Waals surface area contributed by atoms with Crippen LogP contribution in [0.5, 0.6) is 0 Å². The Balaban J connectivity index is 2.09. The van der Waals surface area contributed by atoms with Gasteiger partial charge in [0.25, 0.3) is 0 Å². The van der Waals surface area contributed by atoms with E-state index in [1.54, 1.807) is 12.4 Å². The van der Waals surface area contributed by atoms with Gasteiger partial charge in [0.15, 0.2) is 0 Å². The maximum absolute atomic E-state index is 12.1. The van der Waals surface area contributed by atoms with Gasteiger partial charge in [0, 0.05) is 12.4 Å². The number of aryl methyl sites for hydroxylation is 1. The minimum atomic E-state index is -0.204. The highest BCUT2D eigenvalue weighted by Gasteiger charge is 2.21. The monoisotopic (exact) mass is 269 g/mol. The van der Waals surface area contributed by atoms with Crippen LogP contribution in [0.15, 0.2) is 54.9 Å². The largest absolute Gasteiger partial charge is 0.466 e. The molecule has 0 saturated carbocycles. The molecule has 0 fully saturated rings. The van der Waals surface area contributed by atoms with Crippen molar-refractivity contribution in [3.8, 4) is 0 Å². The van der Waals surface area contributed by atoms with Gasteiger partial charge in [-0.15, -0.1) is 0 Å². The van der Waals surface area contributed by atoms with E-state index >= 15 is 0 Å². The van der Waals surface area contributed by atoms with Crippen LogP contribution in [0.2, 0.25) is 0 Å². The van der Waals surface area contributed by atoms with Gasteiger partial charge in [-0.2, -0.15) is 0 Å². The molecule has 0 unspecified atom stereocenters. The Bertz CT molecular complexity index is 525. The third kappa shape index (κ3) is 3.92. The Hall–Kier alpha value is -2.16. The SMILES string of the molecule is CCOC(=O)[C@H](CCc1ccncc1)c1ccccc1. The summed E-state index contributed by atoms with van der Waals surface area (Å²) in [4.78, 5) is 16.1. The van der Waals surface area contributed by atoms with E-state index in [9.17, 15) is 4.79 Å². The number of carbonyl (C=O) groups is 1. The summed E-state index contributed by atoms with van der Waals surface area (Å²) < 4.78 is 5.20. The lowest BCUT2D eigenvalue weighted by atomic mass is 9.92. The molecular weight excluding hydrogens is 250 g/mol. The van der Waals surface area contributed by atoms with Gasteiger partial charge in [0.05, 0.1) is 12.5 Å². The molecule has 0 bridgehead atoms. The molecule has 0 radical (unpaired) electrons. The minimum absolute atomic E-state index is 0.146. The van der Waals surface area contributed by atoms with Crippen molar-refractivity contribution in [1.82, 2.24) is 4.98 Å². The van der Waals surface area contributed by atoms with Gasteiger partial charge in [0.2, 0.25) is 0 Å². The molecule has 0 spiro atoms. The normalized spacial score (nSPS) is 11.8. The third-order valence-electron chi connectivity index (χ3n) is 3.24. The third-order valence-corrected chi connectivity index (χ3v) is 3.24. The van der Waals surface area contributed by atoms with Gasteiger partial charge in [-0.1, -0.05) is 30.3 Å². The van der Waals surface area contributed by atoms with E-state index in [1.165, 1.54) is 5.56 Å². The average molecular weight is 269 g/mol. The van der Waals surface area contributed by atoms with Gasteiger partial charge in [-0.25, -0.2) is 0 Å². The Morgan fingerprint density at radius 3 is 2.50 bits per heavy atom. The maximum atomic E-state index is 12.1. The topological polar surface area (TPSA) is 39.2 Å². The van der Waals surface area contributed by atoms with E-state index in [0.717, 1.165) is 18.4 Å². The van der Waals surface area contributed by atoms with Crippen LogP contribution in [0.4, 0.5) is 0 Å². The fourth-order valence-corrected chi connectivity index (χ4v) is 2.21. The van der Waals surface area contributed by atoms with E-state index < -0.39 is 0 Å². The summed E-state index contributed by atoms with van der Waals surface area (Å²) in [6, 6.07) is 13.8. The zero-order chi connectivity index (χ0) is 14.2. The zero-order valence-electron chi connectivity index (χ0n) is 11.7. The van der Waals surface area contributed by atoms with E-state index in [2.05, 4.69) is 4.98 Å². The average Bonchev–Trinajstić information content (AvgIpc) is 2.50. The van der Waals surface area contributed by atoms with Crippen molar-refractivity contribution >= 4 is 5.97 Å². The number of rotatable bonds is 6. The number of esters is 1. The van der Waals surface area contributed by atoms with Crippen LogP contribution in [0.25, 0.3) is 0 Å². The number of nitrogens with zero attached hydrogens (tertiary/aromatic N) is 1. The Morgan fingerprint density at radius 2 is 1.85 bits per heavy atom. The summed E-state index contributed by atoms with van der Waals surface area (Å²) in [5, 5.41) is 0. The Morgan fingerprint density at radius 1 is 1.15 bits per heavy atom. The smallest absolute Gasteiger partial charge is 0.313 e. The van der Waals surface area contributed by atoms with Crippen LogP contribution in [-0.4, -0.2) is 17.6 Å². The van der Waals surface area contributed by atoms with Gasteiger partial charge >= 0.3 is 5.97 Å². The second kappa shape index (κ2) is 7.43. The molecule has 1 aromatic heterocycles. The molecule has 3 nitrogen and oxygen atoms in total. The predicted octanol–water partition coefficient (Wildman–Crippen LogP) is 3.36. The van der Waals surface area contributed by atoms with Gasteiger partial charge < -0.3 is 4.74 Å². The van der Waals surface area contributed by atoms with Crippen molar-refractivity contribution < 1.29 is 9.53 Å². The lowest BCUT2D eigenvalue weighted by molar-refractivity contribution is -0.145. The van der Waals surface area contributed by atoms with E-state index in [4.69, 9.17) is 4.74 Å². The predicted molar refractivity (Wildman–Crippen MR) is 78.4 cm³/mol. The molecule has 2 aromatic rings. The molecule has 0 aliphatic carbocycles. The standard InChI is InChI=1S/C17H19NO2/c1-2-20-17(19)16(15-6-4-3-5-7-15)9-8-14-10-12-18-13-11-14/h3-7,10-13,16H,2,8-9H2,1H3/t16-/m1/s1. The fraction of sp³-hybridized carbons (Fsp3) is 0.294. The molecule has 2 rings (SSSR count). The van der Waals surface area contributed by atoms with Gasteiger partial charge in [0.1, 0.15) is 0 Å². The highest BCUT2D eigenvalue weighted by molar-refractivity contribution is 5.78. The Kier molecular flexibility index (Phi) is 5.30. The van der Waals surface area contributed by atoms with Crippen LogP contribution in [0, 0.1) is 0 Å². The molecule has 20 heavy (non-hydrogen) atoms. The number of hydrogen-bond acceptors (Lipinski definition) is 3. The molecule has 0 N–H and O–H groups in total. The summed E-state index contributed by atoms with van der Waals surface area (Å²) in [6.07, 6.45) is 5.13. The molecule has 0 aliphatic heterocycles. The van der Waals surface area contributed by atoms with Crippen molar-refractivity contribution in [2.75, 3.05) is 6.61 Å². The Labute approximate surface area is 119 Å². The molecule has 0 amide bonds. The molecule has 1 aromatic carbocycles. The first-order chi connectivity index (χ1) is 9.81. The first-order valence-corrected chi connectivity index (χ1v) is 6.91. The lowest BCUT2D eigenvalue weighted by Crippen LogP contribution is -2.16. The van der Waals surface area contributed by atoms with Crippen molar-refractivity contribution in [2.24, 2.45) is 0 Å². The molecular formula is C17H19NO2. The van der Waals surface area contributed by atoms with E-state index in [0.29, 0.717) is 6.61 Å². The van der Waals surface area contributed by atoms with Crippen LogP contribution in [0.1, 0.15) is 30.4 Å². The second-order valence-corrected chi connectivity index (χ2v) is 4.61. The second-order valence-electron chi connectivity index (χ2n) is 4.61. The summed E-state index contributed by atoms with van der Waals surface area (Å²) >= 11 is 0. The first-order valence-electron chi connectivity index (χ1n) is 6.91. The highest BCUT2D eigenvalue weighted by atomic mass is 16.5. The fourth-order valence-electron chi connectivity index (χ4n) is 2.21. The van der Waals surface area contributed by atoms with Crippen LogP contribution < -0.4 is 0 Å². The number of pyridine rings is 1. The van der Waals surface area contributed by atoms with Crippen LogP contribution >= 0.6 is 0 Å². The summed E-state index contributed by atoms with van der Waals surface area (Å²) in [5.74, 6) is -0.350. The van der Waals surface area contributed by atoms with Gasteiger partial charge in [-0.3, -0.25) is 9.78 Å². The van der Waals surface area contributed by atoms with Crippen molar-refractivity contribution in [2.45, 2.75) is 25.7 Å². The molecule has 104 valence electrons. The minimum Gasteiger partial charge on any atom is -0.466 e. The number of benzene rings is 1. The molecule has 1 atom stereocenters. The number of aromatic nitrogens is 1. The molecule has 0 aliphatic rings. The molecule has 0 saturated heterocycles. The quantitative estimate of drug-likeness (QED) is 0.755. The van der Waals surface area contributed by atoms with Crippen molar-refractivity contribution in [3.05, 3.63) is 66.0 Å².